The first-order chi connectivity index (χ1) is 19.6. The number of aromatic nitrogens is 5. The van der Waals surface area contributed by atoms with Gasteiger partial charge in [0, 0.05) is 42.8 Å². The molecule has 1 aromatic carbocycles. The van der Waals surface area contributed by atoms with Gasteiger partial charge in [0.25, 0.3) is 5.91 Å². The Bertz CT molecular complexity index is 1570. The molecule has 0 spiro atoms. The van der Waals surface area contributed by atoms with Gasteiger partial charge in [0.2, 0.25) is 11.8 Å². The molecule has 4 heterocycles. The molecule has 1 aliphatic heterocycles. The average Bonchev–Trinajstić information content (AvgIpc) is 3.10. The number of pyridine rings is 1. The Morgan fingerprint density at radius 2 is 1.93 bits per heavy atom. The predicted molar refractivity (Wildman–Crippen MR) is 154 cm³/mol. The van der Waals surface area contributed by atoms with E-state index >= 15 is 0 Å². The van der Waals surface area contributed by atoms with Gasteiger partial charge in [-0.05, 0) is 71.2 Å². The number of hydrogen-bond acceptors (Lipinski definition) is 8. The van der Waals surface area contributed by atoms with Crippen LogP contribution < -0.4 is 10.1 Å². The highest BCUT2D eigenvalue weighted by Crippen LogP contribution is 2.39. The van der Waals surface area contributed by atoms with Crippen molar-refractivity contribution in [3.05, 3.63) is 65.3 Å². The summed E-state index contributed by atoms with van der Waals surface area (Å²) in [5.41, 5.74) is 1.69. The lowest BCUT2D eigenvalue weighted by molar-refractivity contribution is 0.0238. The Morgan fingerprint density at radius 3 is 2.66 bits per heavy atom. The van der Waals surface area contributed by atoms with E-state index < -0.39 is 5.60 Å². The molecule has 0 bridgehead atoms. The van der Waals surface area contributed by atoms with Crippen LogP contribution in [-0.2, 0) is 4.74 Å². The minimum absolute atomic E-state index is 0.253. The van der Waals surface area contributed by atoms with Crippen LogP contribution in [0.2, 0.25) is 5.02 Å². The summed E-state index contributed by atoms with van der Waals surface area (Å²) in [5.74, 6) is 0.689. The zero-order chi connectivity index (χ0) is 29.1. The molecule has 12 heteroatoms. The van der Waals surface area contributed by atoms with Gasteiger partial charge in [0.05, 0.1) is 17.1 Å². The Hall–Kier alpha value is -4.25. The second-order valence-electron chi connectivity index (χ2n) is 10.9. The standard InChI is InChI=1S/C29H32ClN7O4/c1-18-15-19(10-13-32-18)26(38)35-27-34-21-8-9-22(40-23-11-12-31-17-33-23)24(30)25(21)37(27)20-7-5-6-14-36(16-20)28(39)41-29(2,3)4/h8-13,15,17,20H,5-7,14,16H2,1-4H3,(H,34,35,38). The number of carbonyl (C=O) groups is 2. The molecule has 1 unspecified atom stereocenters. The third-order valence-electron chi connectivity index (χ3n) is 6.57. The molecule has 11 nitrogen and oxygen atoms in total. The van der Waals surface area contributed by atoms with E-state index in [2.05, 4.69) is 20.3 Å². The van der Waals surface area contributed by atoms with Crippen molar-refractivity contribution in [2.24, 2.45) is 0 Å². The van der Waals surface area contributed by atoms with Crippen LogP contribution in [0.1, 0.15) is 62.1 Å². The molecule has 5 rings (SSSR count). The summed E-state index contributed by atoms with van der Waals surface area (Å²) < 4.78 is 13.6. The van der Waals surface area contributed by atoms with Crippen molar-refractivity contribution in [1.29, 1.82) is 0 Å². The number of benzene rings is 1. The van der Waals surface area contributed by atoms with E-state index in [1.54, 1.807) is 47.6 Å². The van der Waals surface area contributed by atoms with Crippen LogP contribution in [0.4, 0.5) is 10.7 Å². The highest BCUT2D eigenvalue weighted by Gasteiger charge is 2.31. The summed E-state index contributed by atoms with van der Waals surface area (Å²) in [6, 6.07) is 8.22. The maximum absolute atomic E-state index is 13.3. The number of likely N-dealkylation sites (tertiary alicyclic amines) is 1. The monoisotopic (exact) mass is 577 g/mol. The second kappa shape index (κ2) is 11.7. The van der Waals surface area contributed by atoms with Crippen LogP contribution in [0.25, 0.3) is 11.0 Å². The topological polar surface area (TPSA) is 124 Å². The Morgan fingerprint density at radius 1 is 1.10 bits per heavy atom. The van der Waals surface area contributed by atoms with Crippen molar-refractivity contribution in [3.8, 4) is 11.6 Å². The number of halogens is 1. The van der Waals surface area contributed by atoms with Gasteiger partial charge in [-0.1, -0.05) is 11.6 Å². The molecule has 4 aromatic rings. The Labute approximate surface area is 242 Å². The van der Waals surface area contributed by atoms with Gasteiger partial charge in [-0.3, -0.25) is 15.1 Å². The first-order valence-corrected chi connectivity index (χ1v) is 13.8. The van der Waals surface area contributed by atoms with Gasteiger partial charge in [-0.2, -0.15) is 0 Å². The van der Waals surface area contributed by atoms with Crippen LogP contribution >= 0.6 is 11.6 Å². The smallest absolute Gasteiger partial charge is 0.410 e. The molecule has 1 atom stereocenters. The molecule has 1 saturated heterocycles. The van der Waals surface area contributed by atoms with Crippen molar-refractivity contribution in [1.82, 2.24) is 29.4 Å². The summed E-state index contributed by atoms with van der Waals surface area (Å²) >= 11 is 6.97. The van der Waals surface area contributed by atoms with Gasteiger partial charge in [0.15, 0.2) is 0 Å². The normalized spacial score (nSPS) is 15.8. The van der Waals surface area contributed by atoms with E-state index in [9.17, 15) is 9.59 Å². The summed E-state index contributed by atoms with van der Waals surface area (Å²) in [6.45, 7) is 8.27. The molecule has 1 N–H and O–H groups in total. The van der Waals surface area contributed by atoms with Gasteiger partial charge in [0.1, 0.15) is 22.7 Å². The number of fused-ring (bicyclic) bond motifs is 1. The Balaban J connectivity index is 1.58. The number of aryl methyl sites for hydroxylation is 1. The molecule has 0 saturated carbocycles. The molecular weight excluding hydrogens is 546 g/mol. The number of carbonyl (C=O) groups excluding carboxylic acids is 2. The fourth-order valence-electron chi connectivity index (χ4n) is 4.79. The van der Waals surface area contributed by atoms with Crippen LogP contribution in [-0.4, -0.2) is 60.1 Å². The van der Waals surface area contributed by atoms with Gasteiger partial charge < -0.3 is 18.9 Å². The fraction of sp³-hybridized carbons (Fsp3) is 0.379. The number of amides is 2. The van der Waals surface area contributed by atoms with Crippen molar-refractivity contribution in [2.45, 2.75) is 58.6 Å². The number of ether oxygens (including phenoxy) is 2. The molecule has 1 fully saturated rings. The summed E-state index contributed by atoms with van der Waals surface area (Å²) in [5, 5.41) is 3.28. The van der Waals surface area contributed by atoms with Crippen LogP contribution in [0.15, 0.2) is 49.1 Å². The lowest BCUT2D eigenvalue weighted by atomic mass is 10.1. The molecule has 0 aliphatic carbocycles. The summed E-state index contributed by atoms with van der Waals surface area (Å²) in [7, 11) is 0. The highest BCUT2D eigenvalue weighted by atomic mass is 35.5. The zero-order valence-electron chi connectivity index (χ0n) is 23.4. The van der Waals surface area contributed by atoms with Crippen molar-refractivity contribution < 1.29 is 19.1 Å². The summed E-state index contributed by atoms with van der Waals surface area (Å²) in [6.07, 6.45) is 6.57. The quantitative estimate of drug-likeness (QED) is 0.298. The van der Waals surface area contributed by atoms with Crippen LogP contribution in [0, 0.1) is 6.92 Å². The average molecular weight is 578 g/mol. The van der Waals surface area contributed by atoms with Gasteiger partial charge in [-0.25, -0.2) is 19.7 Å². The number of rotatable bonds is 5. The van der Waals surface area contributed by atoms with E-state index in [0.717, 1.165) is 25.0 Å². The van der Waals surface area contributed by atoms with E-state index in [-0.39, 0.29) is 18.0 Å². The maximum atomic E-state index is 13.3. The number of imidazole rings is 1. The van der Waals surface area contributed by atoms with Crippen molar-refractivity contribution in [2.75, 3.05) is 18.4 Å². The highest BCUT2D eigenvalue weighted by molar-refractivity contribution is 6.36. The minimum Gasteiger partial charge on any atom is -0.444 e. The van der Waals surface area contributed by atoms with Crippen molar-refractivity contribution in [3.63, 3.8) is 0 Å². The zero-order valence-corrected chi connectivity index (χ0v) is 24.2. The molecule has 214 valence electrons. The van der Waals surface area contributed by atoms with Gasteiger partial charge in [-0.15, -0.1) is 0 Å². The molecule has 0 radical (unpaired) electrons. The first kappa shape index (κ1) is 28.3. The van der Waals surface area contributed by atoms with Crippen molar-refractivity contribution >= 4 is 40.6 Å². The first-order valence-electron chi connectivity index (χ1n) is 13.5. The number of nitrogens with one attached hydrogen (secondary N) is 1. The largest absolute Gasteiger partial charge is 0.444 e. The molecule has 1 aliphatic rings. The van der Waals surface area contributed by atoms with Crippen LogP contribution in [0.3, 0.4) is 0 Å². The van der Waals surface area contributed by atoms with E-state index in [1.807, 2.05) is 32.3 Å². The van der Waals surface area contributed by atoms with Crippen LogP contribution in [0.5, 0.6) is 11.6 Å². The third kappa shape index (κ3) is 6.57. The lowest BCUT2D eigenvalue weighted by Gasteiger charge is -2.29. The molecular formula is C29H32ClN7O4. The van der Waals surface area contributed by atoms with Gasteiger partial charge >= 0.3 is 6.09 Å². The fourth-order valence-corrected chi connectivity index (χ4v) is 5.08. The molecule has 3 aromatic heterocycles. The lowest BCUT2D eigenvalue weighted by Crippen LogP contribution is -2.39. The third-order valence-corrected chi connectivity index (χ3v) is 6.94. The Kier molecular flexibility index (Phi) is 8.07. The number of nitrogens with zero attached hydrogens (tertiary/aromatic N) is 6. The van der Waals surface area contributed by atoms with E-state index in [0.29, 0.717) is 52.3 Å². The number of hydrogen-bond donors (Lipinski definition) is 1. The summed E-state index contributed by atoms with van der Waals surface area (Å²) in [4.78, 5) is 45.1. The van der Waals surface area contributed by atoms with E-state index in [4.69, 9.17) is 26.1 Å². The predicted octanol–water partition coefficient (Wildman–Crippen LogP) is 6.19. The maximum Gasteiger partial charge on any atom is 0.410 e. The minimum atomic E-state index is -0.626. The van der Waals surface area contributed by atoms with E-state index in [1.165, 1.54) is 6.33 Å². The molecule has 2 amide bonds. The molecule has 41 heavy (non-hydrogen) atoms. The number of anilines is 1. The second-order valence-corrected chi connectivity index (χ2v) is 11.3. The SMILES string of the molecule is Cc1cc(C(=O)Nc2nc3ccc(Oc4ccncn4)c(Cl)c3n2C2CCCCN(C(=O)OC(C)(C)C)C2)ccn1.